The van der Waals surface area contributed by atoms with Gasteiger partial charge in [-0.05, 0) is 58.9 Å². The van der Waals surface area contributed by atoms with Gasteiger partial charge in [0.15, 0.2) is 0 Å². The largest absolute Gasteiger partial charge is 0.330 e. The number of nitrogens with two attached hydrogens (primary N) is 1. The first-order chi connectivity index (χ1) is 8.92. The third-order valence-electron chi connectivity index (χ3n) is 2.81. The van der Waals surface area contributed by atoms with Crippen molar-refractivity contribution in [3.05, 3.63) is 27.7 Å². The van der Waals surface area contributed by atoms with Crippen molar-refractivity contribution in [1.82, 2.24) is 0 Å². The molecule has 0 saturated heterocycles. The van der Waals surface area contributed by atoms with Crippen LogP contribution in [-0.2, 0) is 4.79 Å². The van der Waals surface area contributed by atoms with E-state index in [0.717, 1.165) is 10.9 Å². The van der Waals surface area contributed by atoms with Crippen LogP contribution in [0.4, 0.5) is 5.69 Å². The molecule has 0 bridgehead atoms. The molecule has 3 N–H and O–H groups in total. The van der Waals surface area contributed by atoms with Gasteiger partial charge in [-0.25, -0.2) is 0 Å². The number of halogens is 2. The predicted molar refractivity (Wildman–Crippen MR) is 84.4 cm³/mol. The second-order valence-corrected chi connectivity index (χ2v) is 6.40. The SMILES string of the molecule is CC(C)CC(CN)CC(=O)Nc1cc(Cl)ccc1Br. The molecular weight excluding hydrogens is 328 g/mol. The highest BCUT2D eigenvalue weighted by atomic mass is 79.9. The van der Waals surface area contributed by atoms with Gasteiger partial charge in [0.05, 0.1) is 5.69 Å². The van der Waals surface area contributed by atoms with Gasteiger partial charge < -0.3 is 11.1 Å². The van der Waals surface area contributed by atoms with Crippen molar-refractivity contribution in [2.75, 3.05) is 11.9 Å². The summed E-state index contributed by atoms with van der Waals surface area (Å²) in [6.45, 7) is 4.80. The highest BCUT2D eigenvalue weighted by Gasteiger charge is 2.15. The minimum Gasteiger partial charge on any atom is -0.330 e. The molecule has 0 heterocycles. The Morgan fingerprint density at radius 1 is 1.47 bits per heavy atom. The summed E-state index contributed by atoms with van der Waals surface area (Å²) in [5.41, 5.74) is 6.40. The van der Waals surface area contributed by atoms with E-state index in [1.165, 1.54) is 0 Å². The summed E-state index contributed by atoms with van der Waals surface area (Å²) in [7, 11) is 0. The lowest BCUT2D eigenvalue weighted by molar-refractivity contribution is -0.117. The molecule has 1 aromatic rings. The molecule has 0 spiro atoms. The van der Waals surface area contributed by atoms with Gasteiger partial charge in [0.25, 0.3) is 0 Å². The molecule has 3 nitrogen and oxygen atoms in total. The van der Waals surface area contributed by atoms with Crippen LogP contribution < -0.4 is 11.1 Å². The molecule has 0 radical (unpaired) electrons. The Morgan fingerprint density at radius 2 is 2.16 bits per heavy atom. The molecule has 1 atom stereocenters. The number of carbonyl (C=O) groups is 1. The molecule has 1 unspecified atom stereocenters. The summed E-state index contributed by atoms with van der Waals surface area (Å²) in [5.74, 6) is 0.733. The van der Waals surface area contributed by atoms with Gasteiger partial charge in [0, 0.05) is 15.9 Å². The van der Waals surface area contributed by atoms with E-state index in [9.17, 15) is 4.79 Å². The molecule has 0 aromatic heterocycles. The second kappa shape index (κ2) is 7.88. The lowest BCUT2D eigenvalue weighted by Crippen LogP contribution is -2.23. The van der Waals surface area contributed by atoms with Crippen LogP contribution in [0.5, 0.6) is 0 Å². The summed E-state index contributed by atoms with van der Waals surface area (Å²) < 4.78 is 0.818. The van der Waals surface area contributed by atoms with Crippen LogP contribution in [0.3, 0.4) is 0 Å². The molecule has 0 aliphatic heterocycles. The van der Waals surface area contributed by atoms with Gasteiger partial charge in [-0.1, -0.05) is 25.4 Å². The van der Waals surface area contributed by atoms with Crippen LogP contribution >= 0.6 is 27.5 Å². The number of rotatable bonds is 6. The number of hydrogen-bond acceptors (Lipinski definition) is 2. The van der Waals surface area contributed by atoms with Gasteiger partial charge in [-0.2, -0.15) is 0 Å². The highest BCUT2D eigenvalue weighted by molar-refractivity contribution is 9.10. The van der Waals surface area contributed by atoms with E-state index < -0.39 is 0 Å². The van der Waals surface area contributed by atoms with Gasteiger partial charge in [-0.3, -0.25) is 4.79 Å². The molecule has 5 heteroatoms. The van der Waals surface area contributed by atoms with Gasteiger partial charge >= 0.3 is 0 Å². The molecule has 1 amide bonds. The van der Waals surface area contributed by atoms with E-state index >= 15 is 0 Å². The first kappa shape index (κ1) is 16.5. The first-order valence-corrected chi connectivity index (χ1v) is 7.54. The number of amides is 1. The first-order valence-electron chi connectivity index (χ1n) is 6.37. The average Bonchev–Trinajstić information content (AvgIpc) is 2.32. The number of carbonyl (C=O) groups excluding carboxylic acids is 1. The zero-order valence-corrected chi connectivity index (χ0v) is 13.6. The second-order valence-electron chi connectivity index (χ2n) is 5.11. The highest BCUT2D eigenvalue weighted by Crippen LogP contribution is 2.26. The van der Waals surface area contributed by atoms with Crippen molar-refractivity contribution in [1.29, 1.82) is 0 Å². The summed E-state index contributed by atoms with van der Waals surface area (Å²) in [6, 6.07) is 5.30. The van der Waals surface area contributed by atoms with Crippen LogP contribution in [0.1, 0.15) is 26.7 Å². The maximum atomic E-state index is 12.0. The third-order valence-corrected chi connectivity index (χ3v) is 3.74. The standard InChI is InChI=1S/C14H20BrClN2O/c1-9(2)5-10(8-17)6-14(19)18-13-7-11(16)3-4-12(13)15/h3-4,7,9-10H,5-6,8,17H2,1-2H3,(H,18,19). The van der Waals surface area contributed by atoms with Gasteiger partial charge in [-0.15, -0.1) is 0 Å². The van der Waals surface area contributed by atoms with Crippen molar-refractivity contribution in [3.63, 3.8) is 0 Å². The topological polar surface area (TPSA) is 55.1 Å². The normalized spacial score (nSPS) is 12.5. The van der Waals surface area contributed by atoms with Crippen LogP contribution in [0, 0.1) is 11.8 Å². The Hall–Kier alpha value is -0.580. The lowest BCUT2D eigenvalue weighted by Gasteiger charge is -2.17. The van der Waals surface area contributed by atoms with Gasteiger partial charge in [0.2, 0.25) is 5.91 Å². The minimum absolute atomic E-state index is 0.0286. The van der Waals surface area contributed by atoms with Gasteiger partial charge in [0.1, 0.15) is 0 Å². The molecule has 0 aliphatic carbocycles. The average molecular weight is 348 g/mol. The zero-order chi connectivity index (χ0) is 14.4. The Labute approximate surface area is 128 Å². The summed E-state index contributed by atoms with van der Waals surface area (Å²) in [6.07, 6.45) is 1.40. The van der Waals surface area contributed by atoms with Crippen molar-refractivity contribution >= 4 is 39.1 Å². The molecular formula is C14H20BrClN2O. The molecule has 0 saturated carbocycles. The third kappa shape index (κ3) is 5.93. The Morgan fingerprint density at radius 3 is 2.74 bits per heavy atom. The minimum atomic E-state index is -0.0286. The van der Waals surface area contributed by atoms with Crippen LogP contribution in [0.2, 0.25) is 5.02 Å². The van der Waals surface area contributed by atoms with E-state index in [4.69, 9.17) is 17.3 Å². The Balaban J connectivity index is 2.61. The predicted octanol–water partition coefficient (Wildman–Crippen LogP) is 4.05. The monoisotopic (exact) mass is 346 g/mol. The number of benzene rings is 1. The smallest absolute Gasteiger partial charge is 0.224 e. The Bertz CT molecular complexity index is 437. The van der Waals surface area contributed by atoms with Crippen molar-refractivity contribution in [2.45, 2.75) is 26.7 Å². The number of nitrogens with one attached hydrogen (secondary N) is 1. The fraction of sp³-hybridized carbons (Fsp3) is 0.500. The fourth-order valence-corrected chi connectivity index (χ4v) is 2.50. The van der Waals surface area contributed by atoms with Crippen molar-refractivity contribution in [3.8, 4) is 0 Å². The quantitative estimate of drug-likeness (QED) is 0.815. The van der Waals surface area contributed by atoms with Crippen molar-refractivity contribution < 1.29 is 4.79 Å². The molecule has 106 valence electrons. The molecule has 0 aliphatic rings. The summed E-state index contributed by atoms with van der Waals surface area (Å²) >= 11 is 9.29. The van der Waals surface area contributed by atoms with E-state index in [-0.39, 0.29) is 11.8 Å². The maximum Gasteiger partial charge on any atom is 0.224 e. The number of anilines is 1. The van der Waals surface area contributed by atoms with Crippen molar-refractivity contribution in [2.24, 2.45) is 17.6 Å². The molecule has 1 aromatic carbocycles. The van der Waals surface area contributed by atoms with E-state index in [2.05, 4.69) is 35.1 Å². The number of hydrogen-bond donors (Lipinski definition) is 2. The fourth-order valence-electron chi connectivity index (χ4n) is 1.99. The molecule has 0 fully saturated rings. The molecule has 19 heavy (non-hydrogen) atoms. The van der Waals surface area contributed by atoms with E-state index in [1.807, 2.05) is 6.07 Å². The van der Waals surface area contributed by atoms with Crippen LogP contribution in [-0.4, -0.2) is 12.5 Å². The Kier molecular flexibility index (Phi) is 6.83. The van der Waals surface area contributed by atoms with Crippen LogP contribution in [0.25, 0.3) is 0 Å². The maximum absolute atomic E-state index is 12.0. The van der Waals surface area contributed by atoms with E-state index in [0.29, 0.717) is 29.6 Å². The van der Waals surface area contributed by atoms with Crippen LogP contribution in [0.15, 0.2) is 22.7 Å². The zero-order valence-electron chi connectivity index (χ0n) is 11.2. The van der Waals surface area contributed by atoms with E-state index in [1.54, 1.807) is 12.1 Å². The summed E-state index contributed by atoms with van der Waals surface area (Å²) in [4.78, 5) is 12.0. The summed E-state index contributed by atoms with van der Waals surface area (Å²) in [5, 5.41) is 3.46. The molecule has 1 rings (SSSR count). The lowest BCUT2D eigenvalue weighted by atomic mass is 9.94.